The smallest absolute Gasteiger partial charge is 0.229 e. The first kappa shape index (κ1) is 16.5. The van der Waals surface area contributed by atoms with Gasteiger partial charge in [-0.1, -0.05) is 6.07 Å². The first-order chi connectivity index (χ1) is 9.49. The Morgan fingerprint density at radius 3 is 2.52 bits per heavy atom. The number of hydrogen-bond acceptors (Lipinski definition) is 2. The molecule has 0 heterocycles. The molecular formula is C14H15Cl2F2NO2. The summed E-state index contributed by atoms with van der Waals surface area (Å²) < 4.78 is 25.4. The van der Waals surface area contributed by atoms with Crippen molar-refractivity contribution in [1.82, 2.24) is 5.32 Å². The molecule has 1 saturated carbocycles. The number of aliphatic hydroxyl groups is 1. The lowest BCUT2D eigenvalue weighted by atomic mass is 9.95. The van der Waals surface area contributed by atoms with Gasteiger partial charge in [0.2, 0.25) is 5.91 Å². The third kappa shape index (κ3) is 3.00. The Morgan fingerprint density at radius 1 is 1.48 bits per heavy atom. The number of nitrogens with one attached hydrogen (secondary N) is 1. The van der Waals surface area contributed by atoms with Crippen molar-refractivity contribution < 1.29 is 18.7 Å². The highest BCUT2D eigenvalue weighted by molar-refractivity contribution is 6.53. The van der Waals surface area contributed by atoms with Gasteiger partial charge in [0, 0.05) is 11.6 Å². The quantitative estimate of drug-likeness (QED) is 0.830. The molecule has 0 radical (unpaired) electrons. The minimum absolute atomic E-state index is 0.104. The summed E-state index contributed by atoms with van der Waals surface area (Å²) in [6.07, 6.45) is 0.308. The van der Waals surface area contributed by atoms with Gasteiger partial charge in [0.15, 0.2) is 0 Å². The molecule has 1 aromatic rings. The minimum atomic E-state index is -1.68. The van der Waals surface area contributed by atoms with Gasteiger partial charge in [-0.3, -0.25) is 4.79 Å². The second kappa shape index (κ2) is 5.07. The van der Waals surface area contributed by atoms with Crippen LogP contribution in [0.1, 0.15) is 25.8 Å². The summed E-state index contributed by atoms with van der Waals surface area (Å²) in [6, 6.07) is 2.86. The maximum absolute atomic E-state index is 13.7. The van der Waals surface area contributed by atoms with Gasteiger partial charge in [-0.15, -0.1) is 23.2 Å². The predicted molar refractivity (Wildman–Crippen MR) is 76.1 cm³/mol. The van der Waals surface area contributed by atoms with Gasteiger partial charge < -0.3 is 10.4 Å². The van der Waals surface area contributed by atoms with Crippen molar-refractivity contribution in [3.05, 3.63) is 35.4 Å². The van der Waals surface area contributed by atoms with Crippen molar-refractivity contribution in [2.24, 2.45) is 5.41 Å². The molecule has 0 aliphatic heterocycles. The second-order valence-electron chi connectivity index (χ2n) is 5.79. The van der Waals surface area contributed by atoms with Crippen LogP contribution < -0.4 is 5.32 Å². The van der Waals surface area contributed by atoms with E-state index in [4.69, 9.17) is 23.2 Å². The van der Waals surface area contributed by atoms with Crippen LogP contribution in [-0.4, -0.2) is 21.9 Å². The molecule has 116 valence electrons. The number of carbonyl (C=O) groups is 1. The van der Waals surface area contributed by atoms with Crippen LogP contribution in [0.25, 0.3) is 0 Å². The molecule has 2 rings (SSSR count). The van der Waals surface area contributed by atoms with E-state index in [2.05, 4.69) is 5.32 Å². The summed E-state index contributed by atoms with van der Waals surface area (Å²) >= 11 is 11.8. The van der Waals surface area contributed by atoms with Crippen molar-refractivity contribution in [1.29, 1.82) is 0 Å². The Labute approximate surface area is 131 Å². The van der Waals surface area contributed by atoms with E-state index in [0.29, 0.717) is 12.5 Å². The third-order valence-electron chi connectivity index (χ3n) is 3.86. The van der Waals surface area contributed by atoms with Crippen LogP contribution in [0.5, 0.6) is 0 Å². The number of carbonyl (C=O) groups excluding carboxylic acids is 1. The van der Waals surface area contributed by atoms with E-state index in [1.807, 2.05) is 0 Å². The first-order valence-electron chi connectivity index (χ1n) is 6.34. The molecule has 2 atom stereocenters. The Balaban J connectivity index is 2.07. The molecule has 1 aliphatic carbocycles. The Kier molecular flexibility index (Phi) is 3.98. The Bertz CT molecular complexity index is 592. The number of halogens is 4. The largest absolute Gasteiger partial charge is 0.383 e. The number of hydrogen-bond donors (Lipinski definition) is 2. The number of rotatable bonds is 4. The van der Waals surface area contributed by atoms with E-state index in [0.717, 1.165) is 12.1 Å². The van der Waals surface area contributed by atoms with Crippen LogP contribution in [0.4, 0.5) is 8.78 Å². The van der Waals surface area contributed by atoms with Crippen molar-refractivity contribution in [2.45, 2.75) is 30.2 Å². The van der Waals surface area contributed by atoms with Crippen LogP contribution in [-0.2, 0) is 10.4 Å². The summed E-state index contributed by atoms with van der Waals surface area (Å²) in [5.74, 6) is -2.04. The lowest BCUT2D eigenvalue weighted by molar-refractivity contribution is -0.127. The minimum Gasteiger partial charge on any atom is -0.383 e. The molecule has 0 bridgehead atoms. The highest BCUT2D eigenvalue weighted by Gasteiger charge is 2.67. The van der Waals surface area contributed by atoms with Crippen molar-refractivity contribution in [3.63, 3.8) is 0 Å². The second-order valence-corrected chi connectivity index (χ2v) is 7.28. The number of benzene rings is 1. The zero-order chi connectivity index (χ0) is 16.1. The topological polar surface area (TPSA) is 49.3 Å². The van der Waals surface area contributed by atoms with Crippen molar-refractivity contribution in [3.8, 4) is 0 Å². The van der Waals surface area contributed by atoms with Crippen LogP contribution in [0, 0.1) is 17.0 Å². The van der Waals surface area contributed by atoms with Crippen LogP contribution >= 0.6 is 23.2 Å². The maximum Gasteiger partial charge on any atom is 0.229 e. The maximum atomic E-state index is 13.7. The van der Waals surface area contributed by atoms with Crippen molar-refractivity contribution in [2.75, 3.05) is 6.54 Å². The van der Waals surface area contributed by atoms with Crippen LogP contribution in [0.3, 0.4) is 0 Å². The predicted octanol–water partition coefficient (Wildman–Crippen LogP) is 2.87. The molecule has 2 N–H and O–H groups in total. The molecule has 1 aromatic carbocycles. The molecule has 21 heavy (non-hydrogen) atoms. The third-order valence-corrected chi connectivity index (χ3v) is 4.97. The van der Waals surface area contributed by atoms with Gasteiger partial charge in [-0.2, -0.15) is 0 Å². The lowest BCUT2D eigenvalue weighted by Gasteiger charge is -2.26. The number of alkyl halides is 2. The molecule has 0 aromatic heterocycles. The fourth-order valence-electron chi connectivity index (χ4n) is 2.12. The SMILES string of the molecule is C[C@@]1(C(=O)NC[C@@](C)(O)c2ccc(F)cc2F)CC1(Cl)Cl. The van der Waals surface area contributed by atoms with E-state index in [1.165, 1.54) is 6.92 Å². The summed E-state index contributed by atoms with van der Waals surface area (Å²) in [6.45, 7) is 2.69. The first-order valence-corrected chi connectivity index (χ1v) is 7.09. The summed E-state index contributed by atoms with van der Waals surface area (Å²) in [7, 11) is 0. The average molecular weight is 338 g/mol. The zero-order valence-corrected chi connectivity index (χ0v) is 13.0. The summed E-state index contributed by atoms with van der Waals surface area (Å²) in [4.78, 5) is 12.0. The Hall–Kier alpha value is -0.910. The van der Waals surface area contributed by atoms with Crippen molar-refractivity contribution >= 4 is 29.1 Å². The molecule has 1 aliphatic rings. The molecule has 0 spiro atoms. The Morgan fingerprint density at radius 2 is 2.05 bits per heavy atom. The number of amides is 1. The van der Waals surface area contributed by atoms with Gasteiger partial charge in [0.1, 0.15) is 21.6 Å². The van der Waals surface area contributed by atoms with E-state index in [1.54, 1.807) is 6.92 Å². The van der Waals surface area contributed by atoms with Crippen LogP contribution in [0.2, 0.25) is 0 Å². The molecule has 7 heteroatoms. The molecule has 1 amide bonds. The van der Waals surface area contributed by atoms with E-state index in [-0.39, 0.29) is 12.1 Å². The van der Waals surface area contributed by atoms with Gasteiger partial charge in [0.25, 0.3) is 0 Å². The monoisotopic (exact) mass is 337 g/mol. The molecule has 3 nitrogen and oxygen atoms in total. The fraction of sp³-hybridized carbons (Fsp3) is 0.500. The van der Waals surface area contributed by atoms with E-state index in [9.17, 15) is 18.7 Å². The molecule has 0 unspecified atom stereocenters. The normalized spacial score (nSPS) is 26.0. The van der Waals surface area contributed by atoms with Gasteiger partial charge in [0.05, 0.1) is 12.0 Å². The molecular weight excluding hydrogens is 323 g/mol. The highest BCUT2D eigenvalue weighted by Crippen LogP contribution is 2.63. The summed E-state index contributed by atoms with van der Waals surface area (Å²) in [5.41, 5.74) is -2.71. The summed E-state index contributed by atoms with van der Waals surface area (Å²) in [5, 5.41) is 12.8. The highest BCUT2D eigenvalue weighted by atomic mass is 35.5. The van der Waals surface area contributed by atoms with E-state index < -0.39 is 32.9 Å². The van der Waals surface area contributed by atoms with Gasteiger partial charge in [-0.25, -0.2) is 8.78 Å². The molecule has 0 saturated heterocycles. The van der Waals surface area contributed by atoms with E-state index >= 15 is 0 Å². The zero-order valence-electron chi connectivity index (χ0n) is 11.5. The fourth-order valence-corrected chi connectivity index (χ4v) is 2.82. The lowest BCUT2D eigenvalue weighted by Crippen LogP contribution is -2.42. The van der Waals surface area contributed by atoms with Crippen LogP contribution in [0.15, 0.2) is 18.2 Å². The standard InChI is InChI=1S/C14H15Cl2F2NO2/c1-12(6-14(12,15)16)11(20)19-7-13(2,21)9-4-3-8(17)5-10(9)18/h3-5,21H,6-7H2,1-2H3,(H,19,20)/t12-,13+/m0/s1. The average Bonchev–Trinajstić information content (AvgIpc) is 2.86. The van der Waals surface area contributed by atoms with Gasteiger partial charge in [-0.05, 0) is 26.3 Å². The molecule has 1 fully saturated rings. The van der Waals surface area contributed by atoms with Gasteiger partial charge >= 0.3 is 0 Å².